The molecule has 3 atom stereocenters. The fourth-order valence-electron chi connectivity index (χ4n) is 3.08. The molecular weight excluding hydrogens is 330 g/mol. The minimum atomic E-state index is -0.447. The lowest BCUT2D eigenvalue weighted by atomic mass is 9.89. The van der Waals surface area contributed by atoms with Gasteiger partial charge in [0.1, 0.15) is 0 Å². The van der Waals surface area contributed by atoms with E-state index in [0.29, 0.717) is 6.54 Å². The van der Waals surface area contributed by atoms with Gasteiger partial charge < -0.3 is 11.5 Å². The Labute approximate surface area is 135 Å². The summed E-state index contributed by atoms with van der Waals surface area (Å²) in [5.74, 6) is -0.219. The smallest absolute Gasteiger partial charge is 0.224 e. The van der Waals surface area contributed by atoms with Crippen molar-refractivity contribution < 1.29 is 4.79 Å². The van der Waals surface area contributed by atoms with Crippen molar-refractivity contribution in [3.63, 3.8) is 0 Å². The molecule has 1 aromatic rings. The molecule has 1 aliphatic heterocycles. The zero-order chi connectivity index (χ0) is 15.6. The van der Waals surface area contributed by atoms with Crippen LogP contribution in [-0.4, -0.2) is 29.9 Å². The van der Waals surface area contributed by atoms with Gasteiger partial charge in [0.25, 0.3) is 0 Å². The zero-order valence-electron chi connectivity index (χ0n) is 12.7. The molecule has 1 aromatic carbocycles. The highest BCUT2D eigenvalue weighted by Crippen LogP contribution is 2.37. The van der Waals surface area contributed by atoms with Crippen LogP contribution in [0.25, 0.3) is 0 Å². The Morgan fingerprint density at radius 2 is 2.24 bits per heavy atom. The summed E-state index contributed by atoms with van der Waals surface area (Å²) in [7, 11) is 0. The summed E-state index contributed by atoms with van der Waals surface area (Å²) < 4.78 is 1.05. The number of hydrogen-bond acceptors (Lipinski definition) is 3. The van der Waals surface area contributed by atoms with Crippen LogP contribution in [0.4, 0.5) is 0 Å². The topological polar surface area (TPSA) is 72.3 Å². The lowest BCUT2D eigenvalue weighted by Gasteiger charge is -2.33. The van der Waals surface area contributed by atoms with Crippen LogP contribution in [0.15, 0.2) is 28.7 Å². The summed E-state index contributed by atoms with van der Waals surface area (Å²) in [5, 5.41) is 0. The molecule has 0 aliphatic carbocycles. The fraction of sp³-hybridized carbons (Fsp3) is 0.562. The average Bonchev–Trinajstić information content (AvgIpc) is 2.83. The maximum absolute atomic E-state index is 11.7. The number of primary amides is 1. The summed E-state index contributed by atoms with van der Waals surface area (Å²) >= 11 is 3.52. The van der Waals surface area contributed by atoms with Gasteiger partial charge in [-0.05, 0) is 44.0 Å². The van der Waals surface area contributed by atoms with Crippen molar-refractivity contribution in [3.05, 3.63) is 34.3 Å². The normalized spacial score (nSPS) is 25.7. The van der Waals surface area contributed by atoms with Crippen LogP contribution in [0, 0.1) is 5.41 Å². The van der Waals surface area contributed by atoms with Gasteiger partial charge in [-0.1, -0.05) is 35.0 Å². The van der Waals surface area contributed by atoms with Gasteiger partial charge in [0, 0.05) is 23.1 Å². The molecule has 2 rings (SSSR count). The minimum absolute atomic E-state index is 0.0366. The average molecular weight is 354 g/mol. The van der Waals surface area contributed by atoms with Crippen LogP contribution < -0.4 is 11.5 Å². The van der Waals surface area contributed by atoms with Gasteiger partial charge in [0.15, 0.2) is 0 Å². The van der Waals surface area contributed by atoms with Gasteiger partial charge >= 0.3 is 0 Å². The van der Waals surface area contributed by atoms with Crippen LogP contribution in [0.3, 0.4) is 0 Å². The number of likely N-dealkylation sites (tertiary alicyclic amines) is 1. The molecule has 0 saturated carbocycles. The van der Waals surface area contributed by atoms with Gasteiger partial charge in [-0.25, -0.2) is 0 Å². The van der Waals surface area contributed by atoms with Crippen molar-refractivity contribution in [2.45, 2.75) is 38.8 Å². The number of nitrogens with two attached hydrogens (primary N) is 2. The van der Waals surface area contributed by atoms with E-state index in [1.54, 1.807) is 0 Å². The first-order valence-electron chi connectivity index (χ1n) is 7.42. The highest BCUT2D eigenvalue weighted by Gasteiger charge is 2.42. The number of hydrogen-bond donors (Lipinski definition) is 2. The van der Waals surface area contributed by atoms with Crippen molar-refractivity contribution >= 4 is 21.8 Å². The van der Waals surface area contributed by atoms with Crippen LogP contribution in [0.1, 0.15) is 38.3 Å². The van der Waals surface area contributed by atoms with Crippen LogP contribution in [-0.2, 0) is 4.79 Å². The third-order valence-corrected chi connectivity index (χ3v) is 5.05. The van der Waals surface area contributed by atoms with E-state index in [2.05, 4.69) is 39.9 Å². The molecule has 3 unspecified atom stereocenters. The predicted molar refractivity (Wildman–Crippen MR) is 88.6 cm³/mol. The summed E-state index contributed by atoms with van der Waals surface area (Å²) in [4.78, 5) is 14.0. The van der Waals surface area contributed by atoms with E-state index in [4.69, 9.17) is 11.5 Å². The summed E-state index contributed by atoms with van der Waals surface area (Å²) in [6, 6.07) is 8.40. The number of benzene rings is 1. The molecule has 0 radical (unpaired) electrons. The maximum atomic E-state index is 11.7. The lowest BCUT2D eigenvalue weighted by molar-refractivity contribution is -0.126. The Morgan fingerprint density at radius 3 is 2.76 bits per heavy atom. The number of amides is 1. The van der Waals surface area contributed by atoms with Crippen LogP contribution >= 0.6 is 15.9 Å². The second kappa shape index (κ2) is 6.46. The van der Waals surface area contributed by atoms with Crippen LogP contribution in [0.2, 0.25) is 0 Å². The predicted octanol–water partition coefficient (Wildman–Crippen LogP) is 2.42. The molecular formula is C16H24BrN3O. The summed E-state index contributed by atoms with van der Waals surface area (Å²) in [5.41, 5.74) is 12.7. The molecule has 1 heterocycles. The standard InChI is InChI=1S/C16H24BrN3O/c1-3-13(18)14(11-5-4-6-12(17)9-11)20-8-7-16(2,10-20)15(19)21/h4-6,9,13-14H,3,7-8,10,18H2,1-2H3,(H2,19,21). The molecule has 5 heteroatoms. The Hall–Kier alpha value is -0.910. The third-order valence-electron chi connectivity index (χ3n) is 4.56. The van der Waals surface area contributed by atoms with Crippen molar-refractivity contribution in [1.82, 2.24) is 4.90 Å². The largest absolute Gasteiger partial charge is 0.369 e. The highest BCUT2D eigenvalue weighted by atomic mass is 79.9. The monoisotopic (exact) mass is 353 g/mol. The van der Waals surface area contributed by atoms with Gasteiger partial charge in [-0.15, -0.1) is 0 Å². The van der Waals surface area contributed by atoms with Gasteiger partial charge in [0.05, 0.1) is 5.41 Å². The van der Waals surface area contributed by atoms with Crippen LogP contribution in [0.5, 0.6) is 0 Å². The van der Waals surface area contributed by atoms with E-state index in [9.17, 15) is 4.79 Å². The molecule has 1 fully saturated rings. The molecule has 0 aromatic heterocycles. The second-order valence-corrected chi connectivity index (χ2v) is 7.13. The van der Waals surface area contributed by atoms with E-state index in [-0.39, 0.29) is 18.0 Å². The number of nitrogens with zero attached hydrogens (tertiary/aromatic N) is 1. The Kier molecular flexibility index (Phi) is 5.07. The number of carbonyl (C=O) groups excluding carboxylic acids is 1. The van der Waals surface area contributed by atoms with E-state index in [1.165, 1.54) is 5.56 Å². The summed E-state index contributed by atoms with van der Waals surface area (Å²) in [6.45, 7) is 5.57. The first-order valence-corrected chi connectivity index (χ1v) is 8.21. The van der Waals surface area contributed by atoms with E-state index >= 15 is 0 Å². The highest BCUT2D eigenvalue weighted by molar-refractivity contribution is 9.10. The van der Waals surface area contributed by atoms with Crippen molar-refractivity contribution in [3.8, 4) is 0 Å². The third kappa shape index (κ3) is 3.47. The molecule has 1 aliphatic rings. The Morgan fingerprint density at radius 1 is 1.52 bits per heavy atom. The molecule has 4 N–H and O–H groups in total. The first kappa shape index (κ1) is 16.5. The second-order valence-electron chi connectivity index (χ2n) is 6.22. The lowest BCUT2D eigenvalue weighted by Crippen LogP contribution is -2.42. The van der Waals surface area contributed by atoms with Crippen molar-refractivity contribution in [1.29, 1.82) is 0 Å². The maximum Gasteiger partial charge on any atom is 0.224 e. The quantitative estimate of drug-likeness (QED) is 0.853. The van der Waals surface area contributed by atoms with Crippen molar-refractivity contribution in [2.24, 2.45) is 16.9 Å². The molecule has 21 heavy (non-hydrogen) atoms. The van der Waals surface area contributed by atoms with E-state index < -0.39 is 5.41 Å². The van der Waals surface area contributed by atoms with Gasteiger partial charge in [-0.3, -0.25) is 9.69 Å². The molecule has 0 bridgehead atoms. The Balaban J connectivity index is 2.28. The molecule has 1 saturated heterocycles. The Bertz CT molecular complexity index is 522. The number of carbonyl (C=O) groups is 1. The van der Waals surface area contributed by atoms with E-state index in [1.807, 2.05) is 19.1 Å². The molecule has 0 spiro atoms. The number of halogens is 1. The molecule has 4 nitrogen and oxygen atoms in total. The summed E-state index contributed by atoms with van der Waals surface area (Å²) in [6.07, 6.45) is 1.68. The number of rotatable bonds is 5. The first-order chi connectivity index (χ1) is 9.87. The van der Waals surface area contributed by atoms with Gasteiger partial charge in [0.2, 0.25) is 5.91 Å². The van der Waals surface area contributed by atoms with E-state index in [0.717, 1.165) is 23.9 Å². The van der Waals surface area contributed by atoms with Crippen molar-refractivity contribution in [2.75, 3.05) is 13.1 Å². The fourth-order valence-corrected chi connectivity index (χ4v) is 3.49. The van der Waals surface area contributed by atoms with Gasteiger partial charge in [-0.2, -0.15) is 0 Å². The minimum Gasteiger partial charge on any atom is -0.369 e. The molecule has 116 valence electrons. The zero-order valence-corrected chi connectivity index (χ0v) is 14.3. The molecule has 1 amide bonds. The SMILES string of the molecule is CCC(N)C(c1cccc(Br)c1)N1CCC(C)(C(N)=O)C1.